The quantitative estimate of drug-likeness (QED) is 0.667. The number of anilines is 1. The molecule has 0 spiro atoms. The zero-order valence-electron chi connectivity index (χ0n) is 11.9. The van der Waals surface area contributed by atoms with Gasteiger partial charge in [0.1, 0.15) is 0 Å². The maximum atomic E-state index is 12.3. The van der Waals surface area contributed by atoms with Crippen molar-refractivity contribution in [3.05, 3.63) is 72.3 Å². The lowest BCUT2D eigenvalue weighted by Crippen LogP contribution is -2.12. The van der Waals surface area contributed by atoms with Crippen molar-refractivity contribution in [2.75, 3.05) is 4.72 Å². The van der Waals surface area contributed by atoms with Crippen molar-refractivity contribution in [1.82, 2.24) is 0 Å². The molecule has 0 radical (unpaired) electrons. The van der Waals surface area contributed by atoms with Gasteiger partial charge in [0.05, 0.1) is 4.90 Å². The molecule has 0 saturated heterocycles. The number of nitrogens with one attached hydrogen (secondary N) is 1. The first-order valence-corrected chi connectivity index (χ1v) is 8.05. The Morgan fingerprint density at radius 2 is 1.83 bits per heavy atom. The summed E-state index contributed by atoms with van der Waals surface area (Å²) < 4.78 is 27.1. The average Bonchev–Trinajstić information content (AvgIpc) is 2.52. The van der Waals surface area contributed by atoms with Crippen molar-refractivity contribution in [2.24, 2.45) is 0 Å². The molecular formula is C17H13NO4S. The third kappa shape index (κ3) is 5.02. The Hall–Kier alpha value is -3.04. The zero-order chi connectivity index (χ0) is 16.7. The van der Waals surface area contributed by atoms with Crippen molar-refractivity contribution in [3.8, 4) is 11.8 Å². The van der Waals surface area contributed by atoms with E-state index in [1.807, 2.05) is 0 Å². The van der Waals surface area contributed by atoms with Crippen molar-refractivity contribution >= 4 is 21.7 Å². The minimum Gasteiger partial charge on any atom is -0.478 e. The van der Waals surface area contributed by atoms with E-state index in [0.717, 1.165) is 6.08 Å². The number of hydrogen-bond donors (Lipinski definition) is 2. The molecule has 2 aromatic carbocycles. The van der Waals surface area contributed by atoms with Gasteiger partial charge in [-0.3, -0.25) is 4.72 Å². The van der Waals surface area contributed by atoms with Gasteiger partial charge in [-0.25, -0.2) is 13.2 Å². The average molecular weight is 327 g/mol. The Morgan fingerprint density at radius 3 is 2.52 bits per heavy atom. The molecule has 2 N–H and O–H groups in total. The minimum absolute atomic E-state index is 0.0790. The third-order valence-corrected chi connectivity index (χ3v) is 4.08. The van der Waals surface area contributed by atoms with E-state index in [9.17, 15) is 13.2 Å². The predicted octanol–water partition coefficient (Wildman–Crippen LogP) is 2.48. The van der Waals surface area contributed by atoms with Crippen molar-refractivity contribution in [2.45, 2.75) is 4.90 Å². The monoisotopic (exact) mass is 327 g/mol. The molecule has 0 saturated carbocycles. The molecule has 6 heteroatoms. The van der Waals surface area contributed by atoms with Crippen LogP contribution < -0.4 is 4.72 Å². The van der Waals surface area contributed by atoms with E-state index in [4.69, 9.17) is 5.11 Å². The number of para-hydroxylation sites is 1. The first-order valence-electron chi connectivity index (χ1n) is 6.56. The number of sulfonamides is 1. The van der Waals surface area contributed by atoms with Crippen LogP contribution in [0.2, 0.25) is 0 Å². The molecule has 0 aromatic heterocycles. The highest BCUT2D eigenvalue weighted by Crippen LogP contribution is 2.16. The number of carboxylic acid groups (broad SMARTS) is 1. The van der Waals surface area contributed by atoms with Gasteiger partial charge in [0.2, 0.25) is 0 Å². The number of benzene rings is 2. The van der Waals surface area contributed by atoms with Gasteiger partial charge in [-0.05, 0) is 36.4 Å². The maximum absolute atomic E-state index is 12.3. The lowest BCUT2D eigenvalue weighted by Gasteiger charge is -2.08. The summed E-state index contributed by atoms with van der Waals surface area (Å²) in [5.74, 6) is 4.12. The molecule has 0 aliphatic carbocycles. The van der Waals surface area contributed by atoms with E-state index in [1.54, 1.807) is 42.5 Å². The van der Waals surface area contributed by atoms with Crippen LogP contribution in [0.25, 0.3) is 0 Å². The number of aliphatic carboxylic acids is 1. The molecule has 2 rings (SSSR count). The molecule has 116 valence electrons. The lowest BCUT2D eigenvalue weighted by atomic mass is 10.2. The Balaban J connectivity index is 2.23. The van der Waals surface area contributed by atoms with Crippen molar-refractivity contribution < 1.29 is 18.3 Å². The van der Waals surface area contributed by atoms with Crippen molar-refractivity contribution in [1.29, 1.82) is 0 Å². The summed E-state index contributed by atoms with van der Waals surface area (Å²) in [6, 6.07) is 14.7. The van der Waals surface area contributed by atoms with Crippen LogP contribution in [-0.2, 0) is 14.8 Å². The van der Waals surface area contributed by atoms with Crippen LogP contribution in [0.4, 0.5) is 5.69 Å². The summed E-state index contributed by atoms with van der Waals surface area (Å²) in [5.41, 5.74) is 0.935. The van der Waals surface area contributed by atoms with Crippen LogP contribution in [0.3, 0.4) is 0 Å². The number of allylic oxidation sites excluding steroid dienone is 1. The van der Waals surface area contributed by atoms with Crippen LogP contribution >= 0.6 is 0 Å². The fraction of sp³-hybridized carbons (Fsp3) is 0. The summed E-state index contributed by atoms with van der Waals surface area (Å²) in [7, 11) is -3.71. The summed E-state index contributed by atoms with van der Waals surface area (Å²) >= 11 is 0. The molecule has 0 unspecified atom stereocenters. The zero-order valence-corrected chi connectivity index (χ0v) is 12.7. The second kappa shape index (κ2) is 7.29. The van der Waals surface area contributed by atoms with Crippen LogP contribution in [0.1, 0.15) is 5.56 Å². The van der Waals surface area contributed by atoms with E-state index in [0.29, 0.717) is 11.3 Å². The molecule has 2 aromatic rings. The number of hydrogen-bond acceptors (Lipinski definition) is 3. The van der Waals surface area contributed by atoms with E-state index in [2.05, 4.69) is 16.6 Å². The number of rotatable bonds is 4. The van der Waals surface area contributed by atoms with Gasteiger partial charge in [0, 0.05) is 17.3 Å². The van der Waals surface area contributed by atoms with Gasteiger partial charge in [-0.1, -0.05) is 36.1 Å². The van der Waals surface area contributed by atoms with Gasteiger partial charge in [0.25, 0.3) is 10.0 Å². The van der Waals surface area contributed by atoms with E-state index >= 15 is 0 Å². The van der Waals surface area contributed by atoms with Gasteiger partial charge < -0.3 is 5.11 Å². The van der Waals surface area contributed by atoms with E-state index < -0.39 is 16.0 Å². The van der Waals surface area contributed by atoms with Crippen LogP contribution in [-0.4, -0.2) is 19.5 Å². The number of carbonyl (C=O) groups is 1. The predicted molar refractivity (Wildman–Crippen MR) is 87.3 cm³/mol. The lowest BCUT2D eigenvalue weighted by molar-refractivity contribution is -0.131. The molecule has 0 fully saturated rings. The second-order valence-corrected chi connectivity index (χ2v) is 6.12. The molecule has 0 amide bonds. The molecule has 0 bridgehead atoms. The molecular weight excluding hydrogens is 314 g/mol. The van der Waals surface area contributed by atoms with Crippen LogP contribution in [0, 0.1) is 11.8 Å². The van der Waals surface area contributed by atoms with Gasteiger partial charge >= 0.3 is 5.97 Å². The highest BCUT2D eigenvalue weighted by atomic mass is 32.2. The smallest absolute Gasteiger partial charge is 0.328 e. The Kier molecular flexibility index (Phi) is 5.18. The summed E-state index contributed by atoms with van der Waals surface area (Å²) in [5, 5.41) is 8.46. The molecule has 5 nitrogen and oxygen atoms in total. The number of carboxylic acids is 1. The Morgan fingerprint density at radius 1 is 1.09 bits per heavy atom. The minimum atomic E-state index is -3.71. The van der Waals surface area contributed by atoms with Gasteiger partial charge in [-0.2, -0.15) is 0 Å². The van der Waals surface area contributed by atoms with Gasteiger partial charge in [-0.15, -0.1) is 0 Å². The van der Waals surface area contributed by atoms with Crippen LogP contribution in [0.15, 0.2) is 71.6 Å². The Labute approximate surface area is 134 Å². The standard InChI is InChI=1S/C17H13NO4S/c19-17(20)12-5-4-7-14-8-6-11-16(13-14)23(21,22)18-15-9-2-1-3-10-15/h1-3,5-6,8-13,18H,(H,19,20)/b12-5+. The highest BCUT2D eigenvalue weighted by Gasteiger charge is 2.13. The SMILES string of the molecule is O=C(O)/C=C/C#Cc1cccc(S(=O)(=O)Nc2ccccc2)c1. The van der Waals surface area contributed by atoms with Crippen LogP contribution in [0.5, 0.6) is 0 Å². The first kappa shape index (κ1) is 16.3. The first-order chi connectivity index (χ1) is 11.0. The fourth-order valence-corrected chi connectivity index (χ4v) is 2.80. The molecule has 0 heterocycles. The molecule has 0 aliphatic heterocycles. The van der Waals surface area contributed by atoms with E-state index in [1.165, 1.54) is 18.2 Å². The van der Waals surface area contributed by atoms with Crippen molar-refractivity contribution in [3.63, 3.8) is 0 Å². The Bertz CT molecular complexity index is 891. The summed E-state index contributed by atoms with van der Waals surface area (Å²) in [6.45, 7) is 0. The summed E-state index contributed by atoms with van der Waals surface area (Å²) in [4.78, 5) is 10.4. The molecule has 0 aliphatic rings. The molecule has 23 heavy (non-hydrogen) atoms. The molecule has 0 atom stereocenters. The highest BCUT2D eigenvalue weighted by molar-refractivity contribution is 7.92. The largest absolute Gasteiger partial charge is 0.478 e. The van der Waals surface area contributed by atoms with Gasteiger partial charge in [0.15, 0.2) is 0 Å². The topological polar surface area (TPSA) is 83.5 Å². The van der Waals surface area contributed by atoms with E-state index in [-0.39, 0.29) is 4.90 Å². The maximum Gasteiger partial charge on any atom is 0.328 e. The normalized spacial score (nSPS) is 10.8. The summed E-state index contributed by atoms with van der Waals surface area (Å²) in [6.07, 6.45) is 2.09. The fourth-order valence-electron chi connectivity index (χ4n) is 1.70. The third-order valence-electron chi connectivity index (χ3n) is 2.70. The second-order valence-electron chi connectivity index (χ2n) is 4.44.